The molecule has 2 aliphatic rings. The average Bonchev–Trinajstić information content (AvgIpc) is 3.44. The van der Waals surface area contributed by atoms with Gasteiger partial charge in [-0.3, -0.25) is 0 Å². The summed E-state index contributed by atoms with van der Waals surface area (Å²) in [6.45, 7) is 8.48. The monoisotopic (exact) mass is 449 g/mol. The van der Waals surface area contributed by atoms with Crippen LogP contribution in [0.5, 0.6) is 0 Å². The molecule has 1 saturated heterocycles. The van der Waals surface area contributed by atoms with Gasteiger partial charge in [-0.1, -0.05) is 13.8 Å². The predicted octanol–water partition coefficient (Wildman–Crippen LogP) is 5.39. The van der Waals surface area contributed by atoms with E-state index in [-0.39, 0.29) is 0 Å². The van der Waals surface area contributed by atoms with Crippen LogP contribution in [0.1, 0.15) is 67.4 Å². The molecule has 7 heteroatoms. The molecule has 1 aliphatic heterocycles. The summed E-state index contributed by atoms with van der Waals surface area (Å²) in [5.41, 5.74) is 7.18. The molecule has 0 radical (unpaired) electrons. The number of aryl methyl sites for hydroxylation is 1. The van der Waals surface area contributed by atoms with E-state index in [1.54, 1.807) is 11.2 Å². The number of nitrogens with zero attached hydrogens (tertiary/aromatic N) is 3. The van der Waals surface area contributed by atoms with Crippen LogP contribution in [0.2, 0.25) is 0 Å². The Morgan fingerprint density at radius 1 is 1.16 bits per heavy atom. The first-order chi connectivity index (χ1) is 15.6. The lowest BCUT2D eigenvalue weighted by Crippen LogP contribution is -2.51. The lowest BCUT2D eigenvalue weighted by Gasteiger charge is -2.35. The van der Waals surface area contributed by atoms with E-state index in [1.807, 2.05) is 15.9 Å². The van der Waals surface area contributed by atoms with Gasteiger partial charge in [0.25, 0.3) is 0 Å². The standard InChI is InChI=1S/C25H31N5OS/c1-14(2)22-23(17-8-15(3)25-26-13-27-30(25)10-17)29-20-9-21(32-24(20)22)16-4-6-18(7-5-16)28-19-11-31-12-19/h8-10,13-14,16,18-19,28-29H,4-7,11-12H2,1-3H3. The highest BCUT2D eigenvalue weighted by atomic mass is 32.1. The van der Waals surface area contributed by atoms with E-state index in [4.69, 9.17) is 4.74 Å². The Bertz CT molecular complexity index is 1260. The van der Waals surface area contributed by atoms with Crippen LogP contribution in [-0.4, -0.2) is 44.9 Å². The highest BCUT2D eigenvalue weighted by Gasteiger charge is 2.28. The largest absolute Gasteiger partial charge is 0.378 e. The molecule has 0 bridgehead atoms. The Balaban J connectivity index is 1.29. The minimum absolute atomic E-state index is 0.446. The molecule has 6 rings (SSSR count). The molecule has 0 unspecified atom stereocenters. The minimum atomic E-state index is 0.446. The molecule has 1 saturated carbocycles. The molecule has 5 heterocycles. The number of fused-ring (bicyclic) bond motifs is 2. The number of aromatic amines is 1. The topological polar surface area (TPSA) is 67.2 Å². The summed E-state index contributed by atoms with van der Waals surface area (Å²) in [5.74, 6) is 1.13. The Labute approximate surface area is 192 Å². The summed E-state index contributed by atoms with van der Waals surface area (Å²) in [5, 5.41) is 8.15. The summed E-state index contributed by atoms with van der Waals surface area (Å²) >= 11 is 2.01. The van der Waals surface area contributed by atoms with Crippen molar-refractivity contribution < 1.29 is 4.74 Å². The van der Waals surface area contributed by atoms with Crippen molar-refractivity contribution in [1.29, 1.82) is 0 Å². The van der Waals surface area contributed by atoms with Crippen molar-refractivity contribution >= 4 is 27.2 Å². The fourth-order valence-electron chi connectivity index (χ4n) is 5.44. The van der Waals surface area contributed by atoms with Crippen molar-refractivity contribution in [1.82, 2.24) is 24.9 Å². The maximum Gasteiger partial charge on any atom is 0.158 e. The van der Waals surface area contributed by atoms with Crippen LogP contribution in [0.3, 0.4) is 0 Å². The molecule has 168 valence electrons. The molecule has 2 N–H and O–H groups in total. The zero-order valence-corrected chi connectivity index (χ0v) is 19.8. The zero-order valence-electron chi connectivity index (χ0n) is 19.0. The van der Waals surface area contributed by atoms with Crippen LogP contribution in [0.25, 0.3) is 27.1 Å². The Morgan fingerprint density at radius 2 is 1.97 bits per heavy atom. The summed E-state index contributed by atoms with van der Waals surface area (Å²) in [7, 11) is 0. The average molecular weight is 450 g/mol. The van der Waals surface area contributed by atoms with Gasteiger partial charge in [-0.25, -0.2) is 9.50 Å². The van der Waals surface area contributed by atoms with E-state index in [0.29, 0.717) is 23.9 Å². The smallest absolute Gasteiger partial charge is 0.158 e. The Morgan fingerprint density at radius 3 is 2.69 bits per heavy atom. The van der Waals surface area contributed by atoms with E-state index < -0.39 is 0 Å². The van der Waals surface area contributed by atoms with Crippen LogP contribution in [0.4, 0.5) is 0 Å². The first-order valence-electron chi connectivity index (χ1n) is 11.9. The van der Waals surface area contributed by atoms with Crippen molar-refractivity contribution in [2.75, 3.05) is 13.2 Å². The Kier molecular flexibility index (Phi) is 5.08. The third-order valence-corrected chi connectivity index (χ3v) is 8.52. The van der Waals surface area contributed by atoms with Crippen LogP contribution in [0, 0.1) is 6.92 Å². The third-order valence-electron chi connectivity index (χ3n) is 7.19. The van der Waals surface area contributed by atoms with Crippen molar-refractivity contribution in [2.45, 2.75) is 70.4 Å². The number of nitrogens with one attached hydrogen (secondary N) is 2. The van der Waals surface area contributed by atoms with Crippen molar-refractivity contribution in [3.05, 3.63) is 40.7 Å². The molecule has 2 fully saturated rings. The molecule has 4 aromatic rings. The first kappa shape index (κ1) is 20.4. The third kappa shape index (κ3) is 3.47. The highest BCUT2D eigenvalue weighted by molar-refractivity contribution is 7.19. The zero-order chi connectivity index (χ0) is 21.8. The molecule has 0 amide bonds. The predicted molar refractivity (Wildman–Crippen MR) is 130 cm³/mol. The molecular formula is C25H31N5OS. The van der Waals surface area contributed by atoms with Gasteiger partial charge in [-0.2, -0.15) is 5.10 Å². The van der Waals surface area contributed by atoms with Gasteiger partial charge in [0.05, 0.1) is 35.2 Å². The molecule has 1 aliphatic carbocycles. The van der Waals surface area contributed by atoms with E-state index in [0.717, 1.165) is 24.4 Å². The number of thiophene rings is 1. The normalized spacial score (nSPS) is 22.2. The summed E-state index contributed by atoms with van der Waals surface area (Å²) in [6.07, 6.45) is 8.82. The molecule has 6 nitrogen and oxygen atoms in total. The quantitative estimate of drug-likeness (QED) is 0.429. The molecule has 0 spiro atoms. The Hall–Kier alpha value is -2.22. The summed E-state index contributed by atoms with van der Waals surface area (Å²) in [4.78, 5) is 9.70. The SMILES string of the molecule is Cc1cc(-c2[nH]c3cc(C4CCC(NC5COC5)CC4)sc3c2C(C)C)cn2ncnc12. The second-order valence-corrected chi connectivity index (χ2v) is 10.9. The minimum Gasteiger partial charge on any atom is -0.378 e. The lowest BCUT2D eigenvalue weighted by atomic mass is 9.85. The maximum atomic E-state index is 5.31. The highest BCUT2D eigenvalue weighted by Crippen LogP contribution is 2.44. The molecular weight excluding hydrogens is 418 g/mol. The number of hydrogen-bond donors (Lipinski definition) is 2. The van der Waals surface area contributed by atoms with Gasteiger partial charge in [0.2, 0.25) is 0 Å². The number of hydrogen-bond acceptors (Lipinski definition) is 5. The van der Waals surface area contributed by atoms with Crippen LogP contribution in [0.15, 0.2) is 24.7 Å². The molecule has 0 aromatic carbocycles. The van der Waals surface area contributed by atoms with Gasteiger partial charge in [-0.15, -0.1) is 11.3 Å². The second kappa shape index (κ2) is 7.97. The van der Waals surface area contributed by atoms with Gasteiger partial charge < -0.3 is 15.0 Å². The van der Waals surface area contributed by atoms with Crippen molar-refractivity contribution in [3.8, 4) is 11.3 Å². The van der Waals surface area contributed by atoms with Crippen LogP contribution in [-0.2, 0) is 4.74 Å². The van der Waals surface area contributed by atoms with Gasteiger partial charge in [0, 0.05) is 22.7 Å². The molecule has 32 heavy (non-hydrogen) atoms. The fraction of sp³-hybridized carbons (Fsp3) is 0.520. The van der Waals surface area contributed by atoms with Gasteiger partial charge in [-0.05, 0) is 67.7 Å². The molecule has 4 aromatic heterocycles. The number of pyridine rings is 1. The van der Waals surface area contributed by atoms with Crippen molar-refractivity contribution in [2.24, 2.45) is 0 Å². The number of rotatable bonds is 5. The lowest BCUT2D eigenvalue weighted by molar-refractivity contribution is -0.0121. The van der Waals surface area contributed by atoms with Gasteiger partial charge in [0.15, 0.2) is 5.65 Å². The van der Waals surface area contributed by atoms with Crippen LogP contribution >= 0.6 is 11.3 Å². The van der Waals surface area contributed by atoms with E-state index in [2.05, 4.69) is 59.5 Å². The fourth-order valence-corrected chi connectivity index (χ4v) is 6.92. The van der Waals surface area contributed by atoms with Gasteiger partial charge >= 0.3 is 0 Å². The molecule has 0 atom stereocenters. The second-order valence-electron chi connectivity index (χ2n) is 9.85. The van der Waals surface area contributed by atoms with Crippen molar-refractivity contribution in [3.63, 3.8) is 0 Å². The van der Waals surface area contributed by atoms with Crippen LogP contribution < -0.4 is 5.32 Å². The number of aromatic nitrogens is 4. The number of H-pyrrole nitrogens is 1. The van der Waals surface area contributed by atoms with E-state index >= 15 is 0 Å². The summed E-state index contributed by atoms with van der Waals surface area (Å²) in [6, 6.07) is 5.91. The maximum absolute atomic E-state index is 5.31. The van der Waals surface area contributed by atoms with Gasteiger partial charge in [0.1, 0.15) is 6.33 Å². The van der Waals surface area contributed by atoms with E-state index in [1.165, 1.54) is 52.7 Å². The van der Waals surface area contributed by atoms with E-state index in [9.17, 15) is 0 Å². The summed E-state index contributed by atoms with van der Waals surface area (Å²) < 4.78 is 8.63. The number of ether oxygens (including phenoxy) is 1. The first-order valence-corrected chi connectivity index (χ1v) is 12.7.